The fraction of sp³-hybridized carbons (Fsp3) is 0.467. The Labute approximate surface area is 115 Å². The minimum absolute atomic E-state index is 0.000291. The quantitative estimate of drug-likeness (QED) is 0.854. The number of benzene rings is 1. The summed E-state index contributed by atoms with van der Waals surface area (Å²) < 4.78 is 0. The number of amides is 1. The molecular weight excluding hydrogens is 238 g/mol. The van der Waals surface area contributed by atoms with Crippen molar-refractivity contribution in [1.29, 1.82) is 5.26 Å². The van der Waals surface area contributed by atoms with E-state index in [-0.39, 0.29) is 5.91 Å². The second-order valence-electron chi connectivity index (χ2n) is 5.14. The molecule has 0 bridgehead atoms. The highest BCUT2D eigenvalue weighted by molar-refractivity contribution is 5.90. The van der Waals surface area contributed by atoms with E-state index in [1.54, 1.807) is 24.3 Å². The summed E-state index contributed by atoms with van der Waals surface area (Å²) in [6.45, 7) is 6.06. The van der Waals surface area contributed by atoms with Gasteiger partial charge in [-0.1, -0.05) is 13.8 Å². The number of carbonyl (C=O) groups is 1. The summed E-state index contributed by atoms with van der Waals surface area (Å²) in [7, 11) is 2.02. The van der Waals surface area contributed by atoms with E-state index in [2.05, 4.69) is 24.1 Å². The van der Waals surface area contributed by atoms with E-state index in [1.807, 2.05) is 13.1 Å². The van der Waals surface area contributed by atoms with Crippen LogP contribution in [0.5, 0.6) is 0 Å². The van der Waals surface area contributed by atoms with Gasteiger partial charge in [0.15, 0.2) is 0 Å². The lowest BCUT2D eigenvalue weighted by atomic mass is 10.2. The topological polar surface area (TPSA) is 56.1 Å². The summed E-state index contributed by atoms with van der Waals surface area (Å²) in [5.41, 5.74) is 1.32. The number of hydrogen-bond donors (Lipinski definition) is 1. The van der Waals surface area contributed by atoms with Crippen molar-refractivity contribution in [2.45, 2.75) is 20.3 Å². The van der Waals surface area contributed by atoms with Gasteiger partial charge in [0, 0.05) is 25.2 Å². The molecule has 4 nitrogen and oxygen atoms in total. The first-order chi connectivity index (χ1) is 9.01. The predicted molar refractivity (Wildman–Crippen MR) is 76.7 cm³/mol. The maximum absolute atomic E-state index is 11.8. The van der Waals surface area contributed by atoms with Gasteiger partial charge < -0.3 is 10.2 Å². The van der Waals surface area contributed by atoms with E-state index in [4.69, 9.17) is 5.26 Å². The number of anilines is 1. The van der Waals surface area contributed by atoms with Crippen LogP contribution in [0, 0.1) is 17.2 Å². The van der Waals surface area contributed by atoms with Crippen LogP contribution < -0.4 is 5.32 Å². The van der Waals surface area contributed by atoms with Crippen molar-refractivity contribution in [3.63, 3.8) is 0 Å². The minimum atomic E-state index is 0.000291. The maximum atomic E-state index is 11.8. The van der Waals surface area contributed by atoms with Crippen molar-refractivity contribution in [3.05, 3.63) is 29.8 Å². The van der Waals surface area contributed by atoms with Crippen LogP contribution in [0.2, 0.25) is 0 Å². The van der Waals surface area contributed by atoms with Crippen LogP contribution in [-0.2, 0) is 4.79 Å². The first-order valence-corrected chi connectivity index (χ1v) is 6.50. The Morgan fingerprint density at radius 2 is 2.00 bits per heavy atom. The van der Waals surface area contributed by atoms with Crippen molar-refractivity contribution < 1.29 is 4.79 Å². The molecule has 0 aliphatic carbocycles. The smallest absolute Gasteiger partial charge is 0.225 e. The maximum Gasteiger partial charge on any atom is 0.225 e. The zero-order chi connectivity index (χ0) is 14.3. The Balaban J connectivity index is 2.36. The van der Waals surface area contributed by atoms with Crippen molar-refractivity contribution in [2.75, 3.05) is 25.5 Å². The minimum Gasteiger partial charge on any atom is -0.326 e. The molecule has 0 unspecified atom stereocenters. The number of hydrogen-bond acceptors (Lipinski definition) is 3. The first kappa shape index (κ1) is 15.2. The van der Waals surface area contributed by atoms with E-state index >= 15 is 0 Å². The second-order valence-corrected chi connectivity index (χ2v) is 5.14. The zero-order valence-electron chi connectivity index (χ0n) is 11.8. The summed E-state index contributed by atoms with van der Waals surface area (Å²) in [6.07, 6.45) is 0.475. The fourth-order valence-corrected chi connectivity index (χ4v) is 1.86. The molecule has 1 rings (SSSR count). The molecule has 1 amide bonds. The first-order valence-electron chi connectivity index (χ1n) is 6.50. The standard InChI is InChI=1S/C15H21N3O/c1-12(2)11-18(3)9-8-15(19)17-14-6-4-13(10-16)5-7-14/h4-7,12H,8-9,11H2,1-3H3,(H,17,19). The van der Waals surface area contributed by atoms with Crippen molar-refractivity contribution in [3.8, 4) is 6.07 Å². The summed E-state index contributed by atoms with van der Waals surface area (Å²) in [6, 6.07) is 8.92. The highest BCUT2D eigenvalue weighted by Crippen LogP contribution is 2.09. The normalized spacial score (nSPS) is 10.5. The van der Waals surface area contributed by atoms with E-state index in [0.717, 1.165) is 18.8 Å². The Morgan fingerprint density at radius 1 is 1.37 bits per heavy atom. The molecule has 0 fully saturated rings. The largest absolute Gasteiger partial charge is 0.326 e. The van der Waals surface area contributed by atoms with Gasteiger partial charge in [0.2, 0.25) is 5.91 Å². The predicted octanol–water partition coefficient (Wildman–Crippen LogP) is 2.47. The molecule has 0 radical (unpaired) electrons. The Morgan fingerprint density at radius 3 is 2.53 bits per heavy atom. The molecule has 19 heavy (non-hydrogen) atoms. The number of carbonyl (C=O) groups excluding carboxylic acids is 1. The lowest BCUT2D eigenvalue weighted by Crippen LogP contribution is -2.27. The second kappa shape index (κ2) is 7.55. The Kier molecular flexibility index (Phi) is 6.04. The monoisotopic (exact) mass is 259 g/mol. The molecule has 0 aliphatic heterocycles. The molecule has 102 valence electrons. The van der Waals surface area contributed by atoms with Crippen LogP contribution in [0.25, 0.3) is 0 Å². The molecule has 0 atom stereocenters. The third-order valence-corrected chi connectivity index (χ3v) is 2.70. The fourth-order valence-electron chi connectivity index (χ4n) is 1.86. The molecule has 0 saturated heterocycles. The van der Waals surface area contributed by atoms with Gasteiger partial charge in [0.05, 0.1) is 11.6 Å². The van der Waals surface area contributed by atoms with Gasteiger partial charge in [-0.05, 0) is 37.2 Å². The van der Waals surface area contributed by atoms with Gasteiger partial charge >= 0.3 is 0 Å². The summed E-state index contributed by atoms with van der Waals surface area (Å²) in [5.74, 6) is 0.604. The third-order valence-electron chi connectivity index (χ3n) is 2.70. The molecule has 0 saturated carbocycles. The van der Waals surface area contributed by atoms with Gasteiger partial charge in [-0.15, -0.1) is 0 Å². The van der Waals surface area contributed by atoms with Crippen LogP contribution in [-0.4, -0.2) is 30.9 Å². The molecule has 1 N–H and O–H groups in total. The molecule has 0 aromatic heterocycles. The Hall–Kier alpha value is -1.86. The molecule has 1 aromatic rings. The van der Waals surface area contributed by atoms with Crippen LogP contribution in [0.3, 0.4) is 0 Å². The van der Waals surface area contributed by atoms with Crippen LogP contribution in [0.1, 0.15) is 25.8 Å². The van der Waals surface area contributed by atoms with Crippen molar-refractivity contribution in [2.24, 2.45) is 5.92 Å². The number of rotatable bonds is 6. The van der Waals surface area contributed by atoms with E-state index in [0.29, 0.717) is 17.9 Å². The van der Waals surface area contributed by atoms with Gasteiger partial charge in [0.1, 0.15) is 0 Å². The van der Waals surface area contributed by atoms with Crippen LogP contribution in [0.4, 0.5) is 5.69 Å². The van der Waals surface area contributed by atoms with Gasteiger partial charge in [0.25, 0.3) is 0 Å². The number of nitriles is 1. The van der Waals surface area contributed by atoms with Crippen molar-refractivity contribution >= 4 is 11.6 Å². The molecular formula is C15H21N3O. The molecule has 0 spiro atoms. The summed E-state index contributed by atoms with van der Waals surface area (Å²) in [4.78, 5) is 13.9. The summed E-state index contributed by atoms with van der Waals surface area (Å²) in [5, 5.41) is 11.5. The Bertz CT molecular complexity index is 445. The average molecular weight is 259 g/mol. The third kappa shape index (κ3) is 6.03. The van der Waals surface area contributed by atoms with E-state index in [1.165, 1.54) is 0 Å². The van der Waals surface area contributed by atoms with Crippen LogP contribution >= 0.6 is 0 Å². The molecule has 0 heterocycles. The highest BCUT2D eigenvalue weighted by Gasteiger charge is 2.06. The number of nitrogens with one attached hydrogen (secondary N) is 1. The zero-order valence-corrected chi connectivity index (χ0v) is 11.8. The van der Waals surface area contributed by atoms with E-state index < -0.39 is 0 Å². The van der Waals surface area contributed by atoms with Gasteiger partial charge in [-0.3, -0.25) is 4.79 Å². The lowest BCUT2D eigenvalue weighted by Gasteiger charge is -2.18. The van der Waals surface area contributed by atoms with Crippen molar-refractivity contribution in [1.82, 2.24) is 4.90 Å². The van der Waals surface area contributed by atoms with Crippen LogP contribution in [0.15, 0.2) is 24.3 Å². The van der Waals surface area contributed by atoms with Gasteiger partial charge in [-0.2, -0.15) is 5.26 Å². The molecule has 4 heteroatoms. The highest BCUT2D eigenvalue weighted by atomic mass is 16.1. The molecule has 0 aliphatic rings. The van der Waals surface area contributed by atoms with E-state index in [9.17, 15) is 4.79 Å². The van der Waals surface area contributed by atoms with Gasteiger partial charge in [-0.25, -0.2) is 0 Å². The lowest BCUT2D eigenvalue weighted by molar-refractivity contribution is -0.116. The summed E-state index contributed by atoms with van der Waals surface area (Å²) >= 11 is 0. The molecule has 1 aromatic carbocycles. The SMILES string of the molecule is CC(C)CN(C)CCC(=O)Nc1ccc(C#N)cc1. The average Bonchev–Trinajstić information content (AvgIpc) is 2.36. The number of nitrogens with zero attached hydrogens (tertiary/aromatic N) is 2.